The van der Waals surface area contributed by atoms with Crippen LogP contribution in [0.4, 0.5) is 5.69 Å². The van der Waals surface area contributed by atoms with Gasteiger partial charge in [0, 0.05) is 21.4 Å². The summed E-state index contributed by atoms with van der Waals surface area (Å²) in [7, 11) is 0. The maximum Gasteiger partial charge on any atom is 0.336 e. The summed E-state index contributed by atoms with van der Waals surface area (Å²) in [5, 5.41) is 17.8. The summed E-state index contributed by atoms with van der Waals surface area (Å²) < 4.78 is 5.36. The summed E-state index contributed by atoms with van der Waals surface area (Å²) in [6.45, 7) is 3.94. The molecule has 2 N–H and O–H groups in total. The molecule has 1 amide bonds. The number of benzene rings is 2. The Labute approximate surface area is 219 Å². The monoisotopic (exact) mass is 529 g/mol. The summed E-state index contributed by atoms with van der Waals surface area (Å²) >= 11 is 13.6. The van der Waals surface area contributed by atoms with Gasteiger partial charge >= 0.3 is 5.97 Å². The summed E-state index contributed by atoms with van der Waals surface area (Å²) in [6, 6.07) is 16.2. The van der Waals surface area contributed by atoms with E-state index in [0.29, 0.717) is 49.6 Å². The number of amides is 1. The quantitative estimate of drug-likeness (QED) is 0.365. The van der Waals surface area contributed by atoms with Crippen LogP contribution in [-0.2, 0) is 14.3 Å². The molecule has 35 heavy (non-hydrogen) atoms. The second kappa shape index (κ2) is 12.7. The number of nitrogens with one attached hydrogen (secondary N) is 2. The number of dihydropyridines is 1. The second-order valence-electron chi connectivity index (χ2n) is 7.64. The van der Waals surface area contributed by atoms with Crippen LogP contribution in [-0.4, -0.2) is 24.2 Å². The molecule has 2 aromatic carbocycles. The Kier molecular flexibility index (Phi) is 9.67. The Hall–Kier alpha value is -2.92. The smallest absolute Gasteiger partial charge is 0.336 e. The average Bonchev–Trinajstić information content (AvgIpc) is 2.84. The number of esters is 1. The molecule has 0 fully saturated rings. The van der Waals surface area contributed by atoms with Gasteiger partial charge in [-0.2, -0.15) is 5.26 Å². The first kappa shape index (κ1) is 26.7. The topological polar surface area (TPSA) is 91.2 Å². The van der Waals surface area contributed by atoms with Crippen LogP contribution in [0.1, 0.15) is 38.2 Å². The molecule has 0 aromatic heterocycles. The van der Waals surface area contributed by atoms with E-state index in [-0.39, 0.29) is 18.3 Å². The van der Waals surface area contributed by atoms with Crippen molar-refractivity contribution in [3.8, 4) is 6.07 Å². The minimum absolute atomic E-state index is 0.0551. The first-order valence-electron chi connectivity index (χ1n) is 11.1. The van der Waals surface area contributed by atoms with Crippen LogP contribution in [0.3, 0.4) is 0 Å². The maximum absolute atomic E-state index is 13.1. The number of hydrogen-bond acceptors (Lipinski definition) is 6. The molecule has 9 heteroatoms. The van der Waals surface area contributed by atoms with Crippen LogP contribution in [0, 0.1) is 11.3 Å². The van der Waals surface area contributed by atoms with E-state index >= 15 is 0 Å². The predicted octanol–water partition coefficient (Wildman–Crippen LogP) is 6.40. The number of thioether (sulfide) groups is 1. The number of ether oxygens (including phenoxy) is 1. The van der Waals surface area contributed by atoms with Gasteiger partial charge in [0.1, 0.15) is 0 Å². The normalized spacial score (nSPS) is 15.3. The van der Waals surface area contributed by atoms with Crippen LogP contribution in [0.2, 0.25) is 10.0 Å². The van der Waals surface area contributed by atoms with Gasteiger partial charge in [-0.15, -0.1) is 0 Å². The van der Waals surface area contributed by atoms with Gasteiger partial charge < -0.3 is 15.4 Å². The highest BCUT2D eigenvalue weighted by atomic mass is 35.5. The summed E-state index contributed by atoms with van der Waals surface area (Å²) in [4.78, 5) is 25.7. The molecule has 1 heterocycles. The van der Waals surface area contributed by atoms with E-state index in [1.807, 2.05) is 13.0 Å². The lowest BCUT2D eigenvalue weighted by Gasteiger charge is -2.31. The van der Waals surface area contributed by atoms with Crippen molar-refractivity contribution in [3.05, 3.63) is 86.0 Å². The van der Waals surface area contributed by atoms with E-state index in [1.165, 1.54) is 11.8 Å². The summed E-state index contributed by atoms with van der Waals surface area (Å²) in [5.74, 6) is -1.39. The summed E-state index contributed by atoms with van der Waals surface area (Å²) in [6.07, 6.45) is 1.33. The zero-order chi connectivity index (χ0) is 25.4. The van der Waals surface area contributed by atoms with Gasteiger partial charge in [0.15, 0.2) is 0 Å². The van der Waals surface area contributed by atoms with Gasteiger partial charge in [0.05, 0.1) is 40.5 Å². The van der Waals surface area contributed by atoms with E-state index in [1.54, 1.807) is 49.4 Å². The lowest BCUT2D eigenvalue weighted by Crippen LogP contribution is -2.30. The lowest BCUT2D eigenvalue weighted by molar-refractivity contribution is -0.138. The van der Waals surface area contributed by atoms with Crippen LogP contribution in [0.5, 0.6) is 0 Å². The number of nitrogens with zero attached hydrogens (tertiary/aromatic N) is 1. The van der Waals surface area contributed by atoms with Crippen molar-refractivity contribution >= 4 is 52.5 Å². The van der Waals surface area contributed by atoms with Crippen molar-refractivity contribution in [2.75, 3.05) is 17.7 Å². The van der Waals surface area contributed by atoms with Crippen molar-refractivity contribution < 1.29 is 14.3 Å². The number of carbonyl (C=O) groups excluding carboxylic acids is 2. The Morgan fingerprint density at radius 3 is 2.49 bits per heavy atom. The minimum atomic E-state index is -0.711. The maximum atomic E-state index is 13.1. The van der Waals surface area contributed by atoms with E-state index in [2.05, 4.69) is 16.7 Å². The second-order valence-corrected chi connectivity index (χ2v) is 9.47. The van der Waals surface area contributed by atoms with Gasteiger partial charge in [0.25, 0.3) is 0 Å². The number of carbonyl (C=O) groups is 2. The summed E-state index contributed by atoms with van der Waals surface area (Å²) in [5.41, 5.74) is 2.60. The molecule has 0 bridgehead atoms. The molecule has 0 saturated carbocycles. The lowest BCUT2D eigenvalue weighted by atomic mass is 9.81. The fourth-order valence-electron chi connectivity index (χ4n) is 3.74. The molecule has 1 unspecified atom stereocenters. The van der Waals surface area contributed by atoms with Crippen LogP contribution >= 0.6 is 35.0 Å². The van der Waals surface area contributed by atoms with Crippen molar-refractivity contribution in [1.29, 1.82) is 5.26 Å². The molecule has 0 aliphatic carbocycles. The van der Waals surface area contributed by atoms with Gasteiger partial charge in [-0.05, 0) is 49.2 Å². The molecular weight excluding hydrogens is 505 g/mol. The fraction of sp³-hybridized carbons (Fsp3) is 0.269. The first-order chi connectivity index (χ1) is 16.9. The van der Waals surface area contributed by atoms with Crippen LogP contribution in [0.25, 0.3) is 0 Å². The highest BCUT2D eigenvalue weighted by molar-refractivity contribution is 8.03. The number of rotatable bonds is 9. The molecule has 1 aliphatic heterocycles. The third-order valence-corrected chi connectivity index (χ3v) is 6.83. The Morgan fingerprint density at radius 2 is 1.86 bits per heavy atom. The molecular formula is C26H25Cl2N3O3S. The highest BCUT2D eigenvalue weighted by Crippen LogP contribution is 2.44. The van der Waals surface area contributed by atoms with Crippen LogP contribution in [0.15, 0.2) is 70.4 Å². The average molecular weight is 530 g/mol. The molecule has 0 radical (unpaired) electrons. The first-order valence-corrected chi connectivity index (χ1v) is 12.9. The molecule has 6 nitrogen and oxygen atoms in total. The van der Waals surface area contributed by atoms with Crippen molar-refractivity contribution in [2.45, 2.75) is 32.6 Å². The number of nitriles is 1. The van der Waals surface area contributed by atoms with E-state index < -0.39 is 11.9 Å². The Balaban J connectivity index is 1.97. The molecule has 0 saturated heterocycles. The minimum Gasteiger partial charge on any atom is -0.463 e. The zero-order valence-electron chi connectivity index (χ0n) is 19.4. The van der Waals surface area contributed by atoms with E-state index in [0.717, 1.165) is 6.42 Å². The number of halogens is 2. The van der Waals surface area contributed by atoms with E-state index in [4.69, 9.17) is 27.9 Å². The van der Waals surface area contributed by atoms with Crippen LogP contribution < -0.4 is 10.6 Å². The van der Waals surface area contributed by atoms with Crippen molar-refractivity contribution in [3.63, 3.8) is 0 Å². The Morgan fingerprint density at radius 1 is 1.14 bits per heavy atom. The third kappa shape index (κ3) is 6.61. The van der Waals surface area contributed by atoms with Crippen molar-refractivity contribution in [1.82, 2.24) is 5.32 Å². The number of anilines is 1. The SMILES string of the molecule is CCCC1=C(C(=O)OCC)C(c2ccccc2Cl)C(C#N)=C(SCC(=O)Nc2ccc(Cl)cc2)N1. The van der Waals surface area contributed by atoms with Gasteiger partial charge in [-0.25, -0.2) is 4.79 Å². The molecule has 3 rings (SSSR count). The number of hydrogen-bond donors (Lipinski definition) is 2. The van der Waals surface area contributed by atoms with Gasteiger partial charge in [0.2, 0.25) is 5.91 Å². The number of allylic oxidation sites excluding steroid dienone is 2. The third-order valence-electron chi connectivity index (χ3n) is 5.22. The molecule has 182 valence electrons. The molecule has 1 atom stereocenters. The van der Waals surface area contributed by atoms with Crippen molar-refractivity contribution in [2.24, 2.45) is 0 Å². The van der Waals surface area contributed by atoms with Gasteiger partial charge in [-0.3, -0.25) is 4.79 Å². The fourth-order valence-corrected chi connectivity index (χ4v) is 4.97. The molecule has 1 aliphatic rings. The standard InChI is InChI=1S/C26H25Cl2N3O3S/c1-3-7-21-24(26(33)34-4-2)23(18-8-5-6-9-20(18)28)19(14-29)25(31-21)35-15-22(32)30-17-12-10-16(27)11-13-17/h5-6,8-13,23,31H,3-4,7,15H2,1-2H3,(H,30,32). The largest absolute Gasteiger partial charge is 0.463 e. The Bertz CT molecular complexity index is 1200. The molecule has 2 aromatic rings. The zero-order valence-corrected chi connectivity index (χ0v) is 21.7. The predicted molar refractivity (Wildman–Crippen MR) is 141 cm³/mol. The molecule has 0 spiro atoms. The van der Waals surface area contributed by atoms with E-state index in [9.17, 15) is 14.9 Å². The highest BCUT2D eigenvalue weighted by Gasteiger charge is 2.37. The van der Waals surface area contributed by atoms with Gasteiger partial charge in [-0.1, -0.05) is 66.5 Å².